The molecule has 102 valence electrons. The minimum Gasteiger partial charge on any atom is -0.398 e. The quantitative estimate of drug-likeness (QED) is 0.820. The van der Waals surface area contributed by atoms with E-state index >= 15 is 0 Å². The molecule has 1 aliphatic rings. The molecule has 1 aromatic heterocycles. The van der Waals surface area contributed by atoms with Gasteiger partial charge < -0.3 is 20.1 Å². The van der Waals surface area contributed by atoms with E-state index in [0.717, 1.165) is 0 Å². The Morgan fingerprint density at radius 2 is 2.21 bits per heavy atom. The summed E-state index contributed by atoms with van der Waals surface area (Å²) >= 11 is 0. The third-order valence-electron chi connectivity index (χ3n) is 3.44. The maximum absolute atomic E-state index is 13.9. The van der Waals surface area contributed by atoms with E-state index in [1.54, 1.807) is 30.5 Å². The Kier molecular flexibility index (Phi) is 2.72. The van der Waals surface area contributed by atoms with Crippen molar-refractivity contribution >= 4 is 16.6 Å². The fraction of sp³-hybridized carbons (Fsp3) is 0.385. The van der Waals surface area contributed by atoms with Crippen molar-refractivity contribution in [2.45, 2.75) is 24.7 Å². The molecule has 19 heavy (non-hydrogen) atoms. The van der Waals surface area contributed by atoms with Crippen molar-refractivity contribution in [2.24, 2.45) is 0 Å². The molecule has 2 aromatic rings. The lowest BCUT2D eigenvalue weighted by Crippen LogP contribution is -2.25. The second kappa shape index (κ2) is 4.18. The standard InChI is InChI=1S/C13H14F2N2O2/c14-13(15)6-8(7-18)19-12(13)17-5-4-9-10(16)2-1-3-11(9)17/h1-5,8,12,18H,6-7,16H2/t8-,12+/m0/s1. The predicted octanol–water partition coefficient (Wildman–Crippen LogP) is 2.14. The van der Waals surface area contributed by atoms with E-state index < -0.39 is 31.3 Å². The molecule has 1 fully saturated rings. The minimum atomic E-state index is -3.01. The van der Waals surface area contributed by atoms with Gasteiger partial charge in [0.1, 0.15) is 0 Å². The molecule has 0 radical (unpaired) electrons. The second-order valence-electron chi connectivity index (χ2n) is 4.76. The highest BCUT2D eigenvalue weighted by molar-refractivity contribution is 5.91. The highest BCUT2D eigenvalue weighted by atomic mass is 19.3. The van der Waals surface area contributed by atoms with E-state index in [0.29, 0.717) is 16.6 Å². The summed E-state index contributed by atoms with van der Waals surface area (Å²) in [5.74, 6) is -3.01. The normalized spacial score (nSPS) is 26.1. The van der Waals surface area contributed by atoms with Gasteiger partial charge in [0, 0.05) is 23.7 Å². The Balaban J connectivity index is 2.07. The molecule has 3 rings (SSSR count). The van der Waals surface area contributed by atoms with Crippen molar-refractivity contribution in [3.8, 4) is 0 Å². The predicted molar refractivity (Wildman–Crippen MR) is 66.9 cm³/mol. The number of ether oxygens (including phenoxy) is 1. The highest BCUT2D eigenvalue weighted by Crippen LogP contribution is 2.44. The number of aliphatic hydroxyl groups excluding tert-OH is 1. The van der Waals surface area contributed by atoms with Gasteiger partial charge in [-0.15, -0.1) is 0 Å². The van der Waals surface area contributed by atoms with Crippen LogP contribution in [0.4, 0.5) is 14.5 Å². The van der Waals surface area contributed by atoms with Crippen LogP contribution in [0.5, 0.6) is 0 Å². The number of anilines is 1. The summed E-state index contributed by atoms with van der Waals surface area (Å²) in [6, 6.07) is 6.84. The Labute approximate surface area is 108 Å². The van der Waals surface area contributed by atoms with Crippen molar-refractivity contribution in [2.75, 3.05) is 12.3 Å². The lowest BCUT2D eigenvalue weighted by atomic mass is 10.2. The first kappa shape index (κ1) is 12.4. The van der Waals surface area contributed by atoms with E-state index in [9.17, 15) is 8.78 Å². The van der Waals surface area contributed by atoms with Crippen LogP contribution in [0.3, 0.4) is 0 Å². The molecule has 3 N–H and O–H groups in total. The van der Waals surface area contributed by atoms with Crippen LogP contribution in [0.25, 0.3) is 10.9 Å². The first-order valence-corrected chi connectivity index (χ1v) is 6.02. The SMILES string of the molecule is Nc1cccc2c1ccn2[C@@H]1O[C@H](CO)CC1(F)F. The summed E-state index contributed by atoms with van der Waals surface area (Å²) in [4.78, 5) is 0. The zero-order valence-corrected chi connectivity index (χ0v) is 10.1. The highest BCUT2D eigenvalue weighted by Gasteiger charge is 2.51. The molecule has 0 unspecified atom stereocenters. The topological polar surface area (TPSA) is 60.4 Å². The number of halogens is 2. The zero-order valence-electron chi connectivity index (χ0n) is 10.1. The van der Waals surface area contributed by atoms with Crippen LogP contribution >= 0.6 is 0 Å². The number of aromatic nitrogens is 1. The number of nitrogens with zero attached hydrogens (tertiary/aromatic N) is 1. The molecule has 2 atom stereocenters. The van der Waals surface area contributed by atoms with E-state index in [2.05, 4.69) is 0 Å². The molecule has 2 heterocycles. The molecular formula is C13H14F2N2O2. The summed E-state index contributed by atoms with van der Waals surface area (Å²) < 4.78 is 34.5. The maximum Gasteiger partial charge on any atom is 0.294 e. The van der Waals surface area contributed by atoms with Gasteiger partial charge in [-0.1, -0.05) is 6.07 Å². The number of nitrogens with two attached hydrogens (primary N) is 1. The fourth-order valence-corrected chi connectivity index (χ4v) is 2.53. The monoisotopic (exact) mass is 268 g/mol. The molecule has 1 saturated heterocycles. The molecule has 1 aromatic carbocycles. The number of benzene rings is 1. The van der Waals surface area contributed by atoms with E-state index in [1.807, 2.05) is 0 Å². The summed E-state index contributed by atoms with van der Waals surface area (Å²) in [5.41, 5.74) is 6.95. The van der Waals surface area contributed by atoms with Crippen LogP contribution in [0, 0.1) is 0 Å². The number of nitrogen functional groups attached to an aromatic ring is 1. The first-order chi connectivity index (χ1) is 9.03. The lowest BCUT2D eigenvalue weighted by Gasteiger charge is -2.20. The molecule has 4 nitrogen and oxygen atoms in total. The van der Waals surface area contributed by atoms with Crippen LogP contribution in [0.1, 0.15) is 12.6 Å². The Hall–Kier alpha value is -1.66. The molecular weight excluding hydrogens is 254 g/mol. The largest absolute Gasteiger partial charge is 0.398 e. The Morgan fingerprint density at radius 3 is 2.89 bits per heavy atom. The van der Waals surface area contributed by atoms with Gasteiger partial charge in [-0.2, -0.15) is 0 Å². The van der Waals surface area contributed by atoms with Gasteiger partial charge in [0.15, 0.2) is 6.23 Å². The fourth-order valence-electron chi connectivity index (χ4n) is 2.53. The van der Waals surface area contributed by atoms with Gasteiger partial charge in [-0.05, 0) is 18.2 Å². The lowest BCUT2D eigenvalue weighted by molar-refractivity contribution is -0.116. The second-order valence-corrected chi connectivity index (χ2v) is 4.76. The Morgan fingerprint density at radius 1 is 1.42 bits per heavy atom. The van der Waals surface area contributed by atoms with Crippen molar-refractivity contribution in [1.82, 2.24) is 4.57 Å². The number of hydrogen-bond acceptors (Lipinski definition) is 3. The number of aliphatic hydroxyl groups is 1. The van der Waals surface area contributed by atoms with Crippen LogP contribution in [0.15, 0.2) is 30.5 Å². The third-order valence-corrected chi connectivity index (χ3v) is 3.44. The Bertz CT molecular complexity index is 612. The first-order valence-electron chi connectivity index (χ1n) is 6.02. The molecule has 0 bridgehead atoms. The van der Waals surface area contributed by atoms with Crippen molar-refractivity contribution < 1.29 is 18.6 Å². The number of hydrogen-bond donors (Lipinski definition) is 2. The number of alkyl halides is 2. The number of rotatable bonds is 2. The summed E-state index contributed by atoms with van der Waals surface area (Å²) in [6.45, 7) is -0.409. The van der Waals surface area contributed by atoms with Crippen LogP contribution in [0.2, 0.25) is 0 Å². The smallest absolute Gasteiger partial charge is 0.294 e. The average Bonchev–Trinajstić information content (AvgIpc) is 2.90. The molecule has 0 spiro atoms. The maximum atomic E-state index is 13.9. The molecule has 0 saturated carbocycles. The van der Waals surface area contributed by atoms with Crippen molar-refractivity contribution in [3.63, 3.8) is 0 Å². The van der Waals surface area contributed by atoms with Crippen LogP contribution < -0.4 is 5.73 Å². The van der Waals surface area contributed by atoms with E-state index in [1.165, 1.54) is 4.57 Å². The molecule has 6 heteroatoms. The van der Waals surface area contributed by atoms with Gasteiger partial charge in [0.05, 0.1) is 18.2 Å². The van der Waals surface area contributed by atoms with Gasteiger partial charge in [-0.3, -0.25) is 0 Å². The van der Waals surface area contributed by atoms with Gasteiger partial charge in [0.25, 0.3) is 5.92 Å². The zero-order chi connectivity index (χ0) is 13.6. The van der Waals surface area contributed by atoms with E-state index in [-0.39, 0.29) is 0 Å². The minimum absolute atomic E-state index is 0.409. The van der Waals surface area contributed by atoms with Gasteiger partial charge >= 0.3 is 0 Å². The number of fused-ring (bicyclic) bond motifs is 1. The summed E-state index contributed by atoms with van der Waals surface area (Å²) in [7, 11) is 0. The summed E-state index contributed by atoms with van der Waals surface area (Å²) in [6.07, 6.45) is -1.17. The van der Waals surface area contributed by atoms with Crippen molar-refractivity contribution in [1.29, 1.82) is 0 Å². The van der Waals surface area contributed by atoms with Gasteiger partial charge in [0.2, 0.25) is 0 Å². The van der Waals surface area contributed by atoms with Crippen LogP contribution in [-0.2, 0) is 4.74 Å². The summed E-state index contributed by atoms with van der Waals surface area (Å²) in [5, 5.41) is 9.70. The molecule has 0 amide bonds. The molecule has 1 aliphatic heterocycles. The van der Waals surface area contributed by atoms with Crippen LogP contribution in [-0.4, -0.2) is 28.3 Å². The van der Waals surface area contributed by atoms with E-state index in [4.69, 9.17) is 15.6 Å². The molecule has 0 aliphatic carbocycles. The average molecular weight is 268 g/mol. The van der Waals surface area contributed by atoms with Crippen molar-refractivity contribution in [3.05, 3.63) is 30.5 Å². The van der Waals surface area contributed by atoms with Gasteiger partial charge in [-0.25, -0.2) is 8.78 Å². The third kappa shape index (κ3) is 1.87.